The zero-order chi connectivity index (χ0) is 20.7. The number of carboxylic acid groups (broad SMARTS) is 1. The maximum absolute atomic E-state index is 11.9. The number of hydrogen-bond acceptors (Lipinski definition) is 5. The SMILES string of the molecule is [B]CCCCC(N)(C(=O)O)C1CCN(Cc2ccccc2N2CCOCC2)CC1. The summed E-state index contributed by atoms with van der Waals surface area (Å²) < 4.78 is 5.49. The number of hydrogen-bond donors (Lipinski definition) is 2. The van der Waals surface area contributed by atoms with E-state index < -0.39 is 11.5 Å². The minimum atomic E-state index is -1.13. The van der Waals surface area contributed by atoms with Gasteiger partial charge in [-0.15, -0.1) is 0 Å². The first-order valence-corrected chi connectivity index (χ1v) is 10.9. The molecule has 1 aromatic carbocycles. The minimum Gasteiger partial charge on any atom is -0.480 e. The van der Waals surface area contributed by atoms with E-state index in [1.165, 1.54) is 11.3 Å². The largest absolute Gasteiger partial charge is 0.480 e. The van der Waals surface area contributed by atoms with Crippen molar-refractivity contribution in [2.75, 3.05) is 44.3 Å². The van der Waals surface area contributed by atoms with Crippen molar-refractivity contribution in [3.63, 3.8) is 0 Å². The van der Waals surface area contributed by atoms with Gasteiger partial charge in [0.1, 0.15) is 5.54 Å². The first kappa shape index (κ1) is 22.1. The van der Waals surface area contributed by atoms with Crippen LogP contribution < -0.4 is 10.6 Å². The van der Waals surface area contributed by atoms with Crippen molar-refractivity contribution in [1.82, 2.24) is 4.90 Å². The maximum atomic E-state index is 11.9. The molecule has 1 unspecified atom stereocenters. The monoisotopic (exact) mass is 399 g/mol. The summed E-state index contributed by atoms with van der Waals surface area (Å²) in [6.45, 7) is 6.05. The van der Waals surface area contributed by atoms with Gasteiger partial charge < -0.3 is 20.5 Å². The number of rotatable bonds is 9. The molecular formula is C22H34BN3O3. The number of carboxylic acids is 1. The summed E-state index contributed by atoms with van der Waals surface area (Å²) in [6.07, 6.45) is 4.33. The number of morpholine rings is 1. The van der Waals surface area contributed by atoms with E-state index in [0.717, 1.165) is 71.6 Å². The number of unbranched alkanes of at least 4 members (excludes halogenated alkanes) is 1. The van der Waals surface area contributed by atoms with Crippen molar-refractivity contribution < 1.29 is 14.6 Å². The molecule has 158 valence electrons. The highest BCUT2D eigenvalue weighted by atomic mass is 16.5. The van der Waals surface area contributed by atoms with E-state index in [1.807, 2.05) is 0 Å². The van der Waals surface area contributed by atoms with E-state index in [9.17, 15) is 9.90 Å². The third-order valence-electron chi connectivity index (χ3n) is 6.50. The number of piperidine rings is 1. The molecule has 7 heteroatoms. The molecule has 0 spiro atoms. The van der Waals surface area contributed by atoms with Crippen LogP contribution >= 0.6 is 0 Å². The fourth-order valence-corrected chi connectivity index (χ4v) is 4.65. The number of nitrogens with two attached hydrogens (primary N) is 1. The lowest BCUT2D eigenvalue weighted by atomic mass is 9.75. The Morgan fingerprint density at radius 2 is 1.86 bits per heavy atom. The van der Waals surface area contributed by atoms with Crippen LogP contribution in [0.1, 0.15) is 37.7 Å². The van der Waals surface area contributed by atoms with Gasteiger partial charge in [0.25, 0.3) is 0 Å². The molecule has 1 atom stereocenters. The van der Waals surface area contributed by atoms with Crippen molar-refractivity contribution in [2.24, 2.45) is 11.7 Å². The number of likely N-dealkylation sites (tertiary alicyclic amines) is 1. The van der Waals surface area contributed by atoms with Gasteiger partial charge in [0.15, 0.2) is 0 Å². The van der Waals surface area contributed by atoms with Gasteiger partial charge in [-0.1, -0.05) is 37.4 Å². The molecule has 2 heterocycles. The molecule has 0 saturated carbocycles. The Labute approximate surface area is 175 Å². The number of anilines is 1. The fraction of sp³-hybridized carbons (Fsp3) is 0.682. The third kappa shape index (κ3) is 5.53. The topological polar surface area (TPSA) is 79.0 Å². The molecule has 2 radical (unpaired) electrons. The van der Waals surface area contributed by atoms with Crippen LogP contribution in [-0.4, -0.2) is 68.8 Å². The summed E-state index contributed by atoms with van der Waals surface area (Å²) >= 11 is 0. The van der Waals surface area contributed by atoms with Gasteiger partial charge in [0.2, 0.25) is 0 Å². The van der Waals surface area contributed by atoms with Crippen LogP contribution in [0.4, 0.5) is 5.69 Å². The van der Waals surface area contributed by atoms with Gasteiger partial charge in [-0.2, -0.15) is 0 Å². The lowest BCUT2D eigenvalue weighted by Gasteiger charge is -2.40. The molecule has 2 fully saturated rings. The standard InChI is InChI=1S/C22H34BN3O3/c23-10-4-3-9-22(24,21(27)28)19-7-11-25(12-8-19)17-18-5-1-2-6-20(18)26-13-15-29-16-14-26/h1-2,5-6,19H,3-4,7-17,24H2,(H,27,28). The van der Waals surface area contributed by atoms with Crippen LogP contribution in [0.3, 0.4) is 0 Å². The number of ether oxygens (including phenoxy) is 1. The number of aliphatic carboxylic acids is 1. The molecule has 0 amide bonds. The molecule has 29 heavy (non-hydrogen) atoms. The first-order valence-electron chi connectivity index (χ1n) is 10.9. The number of benzene rings is 1. The lowest BCUT2D eigenvalue weighted by molar-refractivity contribution is -0.147. The quantitative estimate of drug-likeness (QED) is 0.490. The fourth-order valence-electron chi connectivity index (χ4n) is 4.65. The number of nitrogens with zero attached hydrogens (tertiary/aromatic N) is 2. The van der Waals surface area contributed by atoms with Gasteiger partial charge in [-0.25, -0.2) is 0 Å². The molecule has 3 N–H and O–H groups in total. The molecule has 6 nitrogen and oxygen atoms in total. The van der Waals surface area contributed by atoms with E-state index in [-0.39, 0.29) is 5.92 Å². The molecular weight excluding hydrogens is 365 g/mol. The van der Waals surface area contributed by atoms with Crippen molar-refractivity contribution in [3.8, 4) is 0 Å². The van der Waals surface area contributed by atoms with Gasteiger partial charge in [-0.05, 0) is 49.9 Å². The molecule has 3 rings (SSSR count). The zero-order valence-electron chi connectivity index (χ0n) is 17.4. The predicted octanol–water partition coefficient (Wildman–Crippen LogP) is 2.27. The molecule has 0 aliphatic carbocycles. The summed E-state index contributed by atoms with van der Waals surface area (Å²) in [4.78, 5) is 16.8. The van der Waals surface area contributed by atoms with Gasteiger partial charge in [0.05, 0.1) is 21.1 Å². The van der Waals surface area contributed by atoms with Crippen LogP contribution in [0.25, 0.3) is 0 Å². The highest BCUT2D eigenvalue weighted by molar-refractivity contribution is 6.08. The highest BCUT2D eigenvalue weighted by Gasteiger charge is 2.42. The molecule has 1 aromatic rings. The second kappa shape index (κ2) is 10.5. The Hall–Kier alpha value is -1.57. The zero-order valence-corrected chi connectivity index (χ0v) is 17.4. The Morgan fingerprint density at radius 3 is 2.52 bits per heavy atom. The van der Waals surface area contributed by atoms with Gasteiger partial charge in [-0.3, -0.25) is 9.69 Å². The summed E-state index contributed by atoms with van der Waals surface area (Å²) in [6, 6.07) is 8.59. The number of carbonyl (C=O) groups is 1. The molecule has 0 aromatic heterocycles. The summed E-state index contributed by atoms with van der Waals surface area (Å²) in [5, 5.41) is 9.78. The summed E-state index contributed by atoms with van der Waals surface area (Å²) in [7, 11) is 5.56. The van der Waals surface area contributed by atoms with E-state index in [4.69, 9.17) is 18.3 Å². The van der Waals surface area contributed by atoms with Crippen molar-refractivity contribution in [1.29, 1.82) is 0 Å². The van der Waals surface area contributed by atoms with Crippen molar-refractivity contribution in [3.05, 3.63) is 29.8 Å². The molecule has 0 bridgehead atoms. The smallest absolute Gasteiger partial charge is 0.323 e. The van der Waals surface area contributed by atoms with Crippen molar-refractivity contribution in [2.45, 2.75) is 50.5 Å². The summed E-state index contributed by atoms with van der Waals surface area (Å²) in [5.41, 5.74) is 7.88. The van der Waals surface area contributed by atoms with Crippen LogP contribution in [0.2, 0.25) is 6.32 Å². The number of para-hydroxylation sites is 1. The second-order valence-electron chi connectivity index (χ2n) is 8.37. The van der Waals surface area contributed by atoms with Crippen molar-refractivity contribution >= 4 is 19.5 Å². The van der Waals surface area contributed by atoms with Crippen LogP contribution in [0.5, 0.6) is 0 Å². The predicted molar refractivity (Wildman–Crippen MR) is 116 cm³/mol. The lowest BCUT2D eigenvalue weighted by Crippen LogP contribution is -2.56. The van der Waals surface area contributed by atoms with E-state index in [1.54, 1.807) is 0 Å². The Bertz CT molecular complexity index is 660. The summed E-state index contributed by atoms with van der Waals surface area (Å²) in [5.74, 6) is -0.853. The average Bonchev–Trinajstić information content (AvgIpc) is 2.75. The van der Waals surface area contributed by atoms with E-state index in [2.05, 4.69) is 34.1 Å². The van der Waals surface area contributed by atoms with Gasteiger partial charge in [0, 0.05) is 25.3 Å². The highest BCUT2D eigenvalue weighted by Crippen LogP contribution is 2.32. The van der Waals surface area contributed by atoms with Crippen LogP contribution in [-0.2, 0) is 16.1 Å². The van der Waals surface area contributed by atoms with E-state index >= 15 is 0 Å². The second-order valence-corrected chi connectivity index (χ2v) is 8.37. The third-order valence-corrected chi connectivity index (χ3v) is 6.50. The normalized spacial score (nSPS) is 21.1. The van der Waals surface area contributed by atoms with Crippen LogP contribution in [0, 0.1) is 5.92 Å². The minimum absolute atomic E-state index is 0.0171. The first-order chi connectivity index (χ1) is 14.0. The Morgan fingerprint density at radius 1 is 1.17 bits per heavy atom. The molecule has 2 saturated heterocycles. The van der Waals surface area contributed by atoms with Gasteiger partial charge >= 0.3 is 5.97 Å². The molecule has 2 aliphatic rings. The Kier molecular flexibility index (Phi) is 7.98. The van der Waals surface area contributed by atoms with Crippen LogP contribution in [0.15, 0.2) is 24.3 Å². The Balaban J connectivity index is 1.59. The maximum Gasteiger partial charge on any atom is 0.323 e. The van der Waals surface area contributed by atoms with E-state index in [0.29, 0.717) is 12.7 Å². The average molecular weight is 399 g/mol. The molecule has 2 aliphatic heterocycles.